The molecule has 4 heteroatoms. The van der Waals surface area contributed by atoms with Crippen molar-refractivity contribution in [3.05, 3.63) is 21.9 Å². The number of aliphatic hydroxyl groups is 1. The molecule has 0 saturated heterocycles. The lowest BCUT2D eigenvalue weighted by molar-refractivity contribution is 0.0922. The second-order valence-electron chi connectivity index (χ2n) is 5.42. The Morgan fingerprint density at radius 2 is 2.40 bits per heavy atom. The second kappa shape index (κ2) is 7.47. The Kier molecular flexibility index (Phi) is 5.63. The van der Waals surface area contributed by atoms with Crippen LogP contribution < -0.4 is 5.32 Å². The molecule has 0 radical (unpaired) electrons. The molecule has 108 valence electrons. The van der Waals surface area contributed by atoms with Crippen LogP contribution in [-0.4, -0.2) is 23.7 Å². The molecule has 1 aliphatic carbocycles. The summed E-state index contributed by atoms with van der Waals surface area (Å²) in [5, 5.41) is 13.7. The number of hydrogen-bond donors (Lipinski definition) is 2. The lowest BCUT2D eigenvalue weighted by atomic mass is 9.87. The number of carbonyl (C=O) groups is 1. The molecule has 3 nitrogen and oxygen atoms in total. The fraction of sp³-hybridized carbons (Fsp3) is 0.562. The topological polar surface area (TPSA) is 49.3 Å². The molecule has 2 N–H and O–H groups in total. The van der Waals surface area contributed by atoms with Crippen LogP contribution in [0.25, 0.3) is 0 Å². The molecule has 2 unspecified atom stereocenters. The van der Waals surface area contributed by atoms with Crippen molar-refractivity contribution in [2.24, 2.45) is 5.92 Å². The van der Waals surface area contributed by atoms with Gasteiger partial charge in [0.05, 0.1) is 17.0 Å². The Bertz CT molecular complexity index is 512. The van der Waals surface area contributed by atoms with E-state index in [9.17, 15) is 4.79 Å². The first kappa shape index (κ1) is 15.1. The quantitative estimate of drug-likeness (QED) is 0.841. The van der Waals surface area contributed by atoms with Gasteiger partial charge in [-0.05, 0) is 24.8 Å². The number of nitrogens with one attached hydrogen (secondary N) is 1. The summed E-state index contributed by atoms with van der Waals surface area (Å²) in [6, 6.07) is 2.14. The predicted molar refractivity (Wildman–Crippen MR) is 81.8 cm³/mol. The highest BCUT2D eigenvalue weighted by Gasteiger charge is 2.21. The molecular formula is C16H21NO2S. The van der Waals surface area contributed by atoms with Crippen molar-refractivity contribution < 1.29 is 9.90 Å². The average molecular weight is 291 g/mol. The van der Waals surface area contributed by atoms with Crippen molar-refractivity contribution in [3.8, 4) is 11.8 Å². The Labute approximate surface area is 124 Å². The molecular weight excluding hydrogens is 270 g/mol. The lowest BCUT2D eigenvalue weighted by Gasteiger charge is -2.27. The van der Waals surface area contributed by atoms with Crippen LogP contribution in [0.1, 0.15) is 54.3 Å². The Morgan fingerprint density at radius 3 is 3.15 bits per heavy atom. The smallest absolute Gasteiger partial charge is 0.252 e. The number of hydrogen-bond acceptors (Lipinski definition) is 3. The van der Waals surface area contributed by atoms with Crippen LogP contribution >= 0.6 is 11.3 Å². The lowest BCUT2D eigenvalue weighted by Crippen LogP contribution is -2.37. The fourth-order valence-corrected chi connectivity index (χ4v) is 3.32. The van der Waals surface area contributed by atoms with Crippen LogP contribution in [0.5, 0.6) is 0 Å². The maximum Gasteiger partial charge on any atom is 0.252 e. The van der Waals surface area contributed by atoms with E-state index >= 15 is 0 Å². The third-order valence-electron chi connectivity index (χ3n) is 3.58. The first-order valence-electron chi connectivity index (χ1n) is 7.18. The highest BCUT2D eigenvalue weighted by Crippen LogP contribution is 2.24. The zero-order valence-corrected chi connectivity index (χ0v) is 12.6. The molecule has 1 aliphatic rings. The van der Waals surface area contributed by atoms with E-state index in [2.05, 4.69) is 24.1 Å². The summed E-state index contributed by atoms with van der Waals surface area (Å²) in [5.41, 5.74) is 0.696. The van der Waals surface area contributed by atoms with Gasteiger partial charge in [-0.3, -0.25) is 4.79 Å². The zero-order chi connectivity index (χ0) is 14.4. The molecule has 0 spiro atoms. The Morgan fingerprint density at radius 1 is 1.55 bits per heavy atom. The summed E-state index contributed by atoms with van der Waals surface area (Å²) in [6.45, 7) is 2.32. The molecule has 1 heterocycles. The normalized spacial score (nSPS) is 21.9. The summed E-state index contributed by atoms with van der Waals surface area (Å²) in [4.78, 5) is 13.0. The first-order valence-corrected chi connectivity index (χ1v) is 8.06. The van der Waals surface area contributed by atoms with Gasteiger partial charge in [0, 0.05) is 17.8 Å². The summed E-state index contributed by atoms with van der Waals surface area (Å²) in [6.07, 6.45) is 5.12. The fourth-order valence-electron chi connectivity index (χ4n) is 2.56. The third kappa shape index (κ3) is 4.36. The van der Waals surface area contributed by atoms with Gasteiger partial charge in [0.15, 0.2) is 0 Å². The van der Waals surface area contributed by atoms with Gasteiger partial charge in [-0.15, -0.1) is 11.3 Å². The van der Waals surface area contributed by atoms with Crippen molar-refractivity contribution in [1.82, 2.24) is 5.32 Å². The number of carbonyl (C=O) groups excluding carboxylic acids is 1. The van der Waals surface area contributed by atoms with Crippen LogP contribution in [0, 0.1) is 17.8 Å². The van der Waals surface area contributed by atoms with E-state index in [0.29, 0.717) is 23.9 Å². The highest BCUT2D eigenvalue weighted by molar-refractivity contribution is 7.10. The molecule has 20 heavy (non-hydrogen) atoms. The van der Waals surface area contributed by atoms with E-state index in [1.54, 1.807) is 0 Å². The van der Waals surface area contributed by atoms with Gasteiger partial charge < -0.3 is 10.4 Å². The minimum Gasteiger partial charge on any atom is -0.395 e. The Balaban J connectivity index is 1.91. The van der Waals surface area contributed by atoms with Crippen LogP contribution in [-0.2, 0) is 0 Å². The van der Waals surface area contributed by atoms with E-state index in [1.807, 2.05) is 11.4 Å². The zero-order valence-electron chi connectivity index (χ0n) is 11.8. The van der Waals surface area contributed by atoms with Crippen LogP contribution in [0.3, 0.4) is 0 Å². The second-order valence-corrected chi connectivity index (χ2v) is 6.33. The van der Waals surface area contributed by atoms with Crippen molar-refractivity contribution in [2.45, 2.75) is 45.1 Å². The first-order chi connectivity index (χ1) is 9.69. The van der Waals surface area contributed by atoms with Crippen LogP contribution in [0.2, 0.25) is 0 Å². The molecule has 0 bridgehead atoms. The SMILES string of the molecule is CC1CCCC(NC(=O)c2csc(C#CCCO)c2)C1. The van der Waals surface area contributed by atoms with Gasteiger partial charge in [-0.2, -0.15) is 0 Å². The monoisotopic (exact) mass is 291 g/mol. The molecule has 1 saturated carbocycles. The minimum absolute atomic E-state index is 0.00978. The Hall–Kier alpha value is -1.31. The molecule has 0 aromatic carbocycles. The largest absolute Gasteiger partial charge is 0.395 e. The molecule has 2 atom stereocenters. The summed E-state index contributed by atoms with van der Waals surface area (Å²) < 4.78 is 0. The number of aliphatic hydroxyl groups excluding tert-OH is 1. The third-order valence-corrected chi connectivity index (χ3v) is 4.43. The maximum absolute atomic E-state index is 12.2. The van der Waals surface area contributed by atoms with E-state index in [-0.39, 0.29) is 12.5 Å². The van der Waals surface area contributed by atoms with Crippen molar-refractivity contribution in [1.29, 1.82) is 0 Å². The highest BCUT2D eigenvalue weighted by atomic mass is 32.1. The average Bonchev–Trinajstić information content (AvgIpc) is 2.88. The van der Waals surface area contributed by atoms with Gasteiger partial charge in [0.2, 0.25) is 0 Å². The van der Waals surface area contributed by atoms with Crippen molar-refractivity contribution >= 4 is 17.2 Å². The van der Waals surface area contributed by atoms with Gasteiger partial charge in [0.1, 0.15) is 0 Å². The number of amides is 1. The minimum atomic E-state index is 0.00978. The van der Waals surface area contributed by atoms with E-state index in [0.717, 1.165) is 17.7 Å². The molecule has 1 aromatic heterocycles. The van der Waals surface area contributed by atoms with Crippen molar-refractivity contribution in [2.75, 3.05) is 6.61 Å². The number of thiophene rings is 1. The summed E-state index contributed by atoms with van der Waals surface area (Å²) >= 11 is 1.47. The van der Waals surface area contributed by atoms with Crippen LogP contribution in [0.4, 0.5) is 0 Å². The molecule has 2 rings (SSSR count). The molecule has 1 amide bonds. The predicted octanol–water partition coefficient (Wildman–Crippen LogP) is 2.79. The molecule has 0 aliphatic heterocycles. The maximum atomic E-state index is 12.2. The van der Waals surface area contributed by atoms with E-state index < -0.39 is 0 Å². The molecule has 1 aromatic rings. The van der Waals surface area contributed by atoms with E-state index in [4.69, 9.17) is 5.11 Å². The molecule has 1 fully saturated rings. The summed E-state index contributed by atoms with van der Waals surface area (Å²) in [5.74, 6) is 6.54. The van der Waals surface area contributed by atoms with Crippen molar-refractivity contribution in [3.63, 3.8) is 0 Å². The summed E-state index contributed by atoms with van der Waals surface area (Å²) in [7, 11) is 0. The van der Waals surface area contributed by atoms with Gasteiger partial charge >= 0.3 is 0 Å². The van der Waals surface area contributed by atoms with Crippen LogP contribution in [0.15, 0.2) is 11.4 Å². The van der Waals surface area contributed by atoms with Gasteiger partial charge in [-0.1, -0.05) is 31.6 Å². The van der Waals surface area contributed by atoms with Gasteiger partial charge in [0.25, 0.3) is 5.91 Å². The van der Waals surface area contributed by atoms with Gasteiger partial charge in [-0.25, -0.2) is 0 Å². The standard InChI is InChI=1S/C16H21NO2S/c1-12-5-4-6-14(9-12)17-16(19)13-10-15(20-11-13)7-2-3-8-18/h10-12,14,18H,3-6,8-9H2,1H3,(H,17,19). The number of rotatable bonds is 3. The van der Waals surface area contributed by atoms with E-state index in [1.165, 1.54) is 24.2 Å².